The lowest BCUT2D eigenvalue weighted by Gasteiger charge is -2.17. The molecule has 0 radical (unpaired) electrons. The molecule has 0 spiro atoms. The number of rotatable bonds is 9. The van der Waals surface area contributed by atoms with Gasteiger partial charge in [0.05, 0.1) is 0 Å². The van der Waals surface area contributed by atoms with Gasteiger partial charge in [0.25, 0.3) is 0 Å². The highest BCUT2D eigenvalue weighted by atomic mass is 16.5. The highest BCUT2D eigenvalue weighted by Crippen LogP contribution is 2.06. The Bertz CT molecular complexity index is 299. The second-order valence-electron chi connectivity index (χ2n) is 4.28. The molecule has 1 atom stereocenters. The Morgan fingerprint density at radius 2 is 2.29 bits per heavy atom. The van der Waals surface area contributed by atoms with Gasteiger partial charge in [-0.2, -0.15) is 0 Å². The number of aromatic nitrogens is 2. The minimum atomic E-state index is 0.456. The van der Waals surface area contributed by atoms with E-state index in [2.05, 4.69) is 34.9 Å². The van der Waals surface area contributed by atoms with E-state index in [-0.39, 0.29) is 0 Å². The van der Waals surface area contributed by atoms with E-state index in [1.165, 1.54) is 5.82 Å². The second kappa shape index (κ2) is 8.25. The number of nitrogens with one attached hydrogen (secondary N) is 1. The maximum absolute atomic E-state index is 5.15. The largest absolute Gasteiger partial charge is 0.385 e. The van der Waals surface area contributed by atoms with Crippen LogP contribution >= 0.6 is 0 Å². The zero-order valence-electron chi connectivity index (χ0n) is 11.3. The van der Waals surface area contributed by atoms with Crippen molar-refractivity contribution in [3.8, 4) is 0 Å². The summed E-state index contributed by atoms with van der Waals surface area (Å²) in [5, 5.41) is 3.49. The normalized spacial score (nSPS) is 12.9. The van der Waals surface area contributed by atoms with Crippen LogP contribution in [0.1, 0.15) is 32.5 Å². The molecule has 1 aromatic heterocycles. The minimum Gasteiger partial charge on any atom is -0.385 e. The van der Waals surface area contributed by atoms with Crippen LogP contribution in [0.25, 0.3) is 0 Å². The minimum absolute atomic E-state index is 0.456. The van der Waals surface area contributed by atoms with Crippen molar-refractivity contribution in [3.63, 3.8) is 0 Å². The van der Waals surface area contributed by atoms with Gasteiger partial charge in [-0.3, -0.25) is 0 Å². The fraction of sp³-hybridized carbons (Fsp3) is 0.769. The zero-order valence-corrected chi connectivity index (χ0v) is 11.3. The number of aryl methyl sites for hydroxylation is 1. The van der Waals surface area contributed by atoms with E-state index in [1.807, 2.05) is 6.20 Å². The van der Waals surface area contributed by atoms with Crippen LogP contribution in [0, 0.1) is 0 Å². The van der Waals surface area contributed by atoms with Gasteiger partial charge in [0.15, 0.2) is 0 Å². The summed E-state index contributed by atoms with van der Waals surface area (Å²) in [7, 11) is 1.75. The van der Waals surface area contributed by atoms with Crippen molar-refractivity contribution in [2.45, 2.75) is 45.7 Å². The molecule has 1 unspecified atom stereocenters. The van der Waals surface area contributed by atoms with E-state index >= 15 is 0 Å². The summed E-state index contributed by atoms with van der Waals surface area (Å²) in [5.74, 6) is 1.17. The zero-order chi connectivity index (χ0) is 12.5. The van der Waals surface area contributed by atoms with Gasteiger partial charge in [0, 0.05) is 45.1 Å². The molecule has 0 aromatic carbocycles. The lowest BCUT2D eigenvalue weighted by Crippen LogP contribution is -2.33. The Morgan fingerprint density at radius 1 is 1.47 bits per heavy atom. The topological polar surface area (TPSA) is 39.1 Å². The van der Waals surface area contributed by atoms with Crippen LogP contribution in [0.4, 0.5) is 0 Å². The maximum Gasteiger partial charge on any atom is 0.110 e. The standard InChI is InChI=1S/C13H25N3O/c1-4-8-16-9-7-15-13(16)11-12(14-5-2)6-10-17-3/h7,9,12,14H,4-6,8,10-11H2,1-3H3. The van der Waals surface area contributed by atoms with Gasteiger partial charge in [-0.25, -0.2) is 4.98 Å². The molecule has 0 aliphatic carbocycles. The average molecular weight is 239 g/mol. The third kappa shape index (κ3) is 4.88. The number of methoxy groups -OCH3 is 1. The molecule has 1 N–H and O–H groups in total. The van der Waals surface area contributed by atoms with Gasteiger partial charge in [-0.05, 0) is 19.4 Å². The lowest BCUT2D eigenvalue weighted by atomic mass is 10.1. The monoisotopic (exact) mass is 239 g/mol. The molecule has 4 nitrogen and oxygen atoms in total. The van der Waals surface area contributed by atoms with Crippen molar-refractivity contribution in [1.82, 2.24) is 14.9 Å². The Hall–Kier alpha value is -0.870. The molecule has 0 bridgehead atoms. The molecule has 0 amide bonds. The van der Waals surface area contributed by atoms with Gasteiger partial charge >= 0.3 is 0 Å². The molecule has 0 fully saturated rings. The molecule has 1 aromatic rings. The van der Waals surface area contributed by atoms with Crippen LogP contribution in [0.5, 0.6) is 0 Å². The molecular weight excluding hydrogens is 214 g/mol. The number of likely N-dealkylation sites (N-methyl/N-ethyl adjacent to an activating group) is 1. The quantitative estimate of drug-likeness (QED) is 0.715. The Morgan fingerprint density at radius 3 is 2.94 bits per heavy atom. The van der Waals surface area contributed by atoms with Crippen LogP contribution < -0.4 is 5.32 Å². The Labute approximate surface area is 104 Å². The molecular formula is C13H25N3O. The summed E-state index contributed by atoms with van der Waals surface area (Å²) in [6, 6.07) is 0.456. The number of ether oxygens (including phenoxy) is 1. The first-order valence-corrected chi connectivity index (χ1v) is 6.54. The van der Waals surface area contributed by atoms with E-state index in [0.717, 1.165) is 39.0 Å². The average Bonchev–Trinajstić information content (AvgIpc) is 2.74. The van der Waals surface area contributed by atoms with E-state index < -0.39 is 0 Å². The number of hydrogen-bond donors (Lipinski definition) is 1. The van der Waals surface area contributed by atoms with E-state index in [1.54, 1.807) is 7.11 Å². The molecule has 17 heavy (non-hydrogen) atoms. The molecule has 98 valence electrons. The molecule has 0 saturated carbocycles. The second-order valence-corrected chi connectivity index (χ2v) is 4.28. The predicted octanol–water partition coefficient (Wildman–Crippen LogP) is 1.85. The molecule has 0 saturated heterocycles. The summed E-state index contributed by atoms with van der Waals surface area (Å²) >= 11 is 0. The van der Waals surface area contributed by atoms with Crippen molar-refractivity contribution < 1.29 is 4.74 Å². The van der Waals surface area contributed by atoms with Gasteiger partial charge in [0.1, 0.15) is 5.82 Å². The van der Waals surface area contributed by atoms with E-state index in [4.69, 9.17) is 4.74 Å². The maximum atomic E-state index is 5.15. The molecule has 0 aliphatic rings. The Balaban J connectivity index is 2.54. The first-order valence-electron chi connectivity index (χ1n) is 6.54. The summed E-state index contributed by atoms with van der Waals surface area (Å²) < 4.78 is 7.40. The van der Waals surface area contributed by atoms with Crippen LogP contribution in [-0.4, -0.2) is 35.9 Å². The van der Waals surface area contributed by atoms with Crippen molar-refractivity contribution in [3.05, 3.63) is 18.2 Å². The summed E-state index contributed by atoms with van der Waals surface area (Å²) in [6.45, 7) is 7.17. The van der Waals surface area contributed by atoms with Crippen molar-refractivity contribution in [2.75, 3.05) is 20.3 Å². The van der Waals surface area contributed by atoms with Crippen LogP contribution in [0.2, 0.25) is 0 Å². The van der Waals surface area contributed by atoms with E-state index in [9.17, 15) is 0 Å². The number of nitrogens with zero attached hydrogens (tertiary/aromatic N) is 2. The molecule has 4 heteroatoms. The van der Waals surface area contributed by atoms with Crippen LogP contribution in [0.15, 0.2) is 12.4 Å². The number of hydrogen-bond acceptors (Lipinski definition) is 3. The van der Waals surface area contributed by atoms with Gasteiger partial charge in [0.2, 0.25) is 0 Å². The third-order valence-electron chi connectivity index (χ3n) is 2.86. The lowest BCUT2D eigenvalue weighted by molar-refractivity contribution is 0.182. The van der Waals surface area contributed by atoms with Crippen LogP contribution in [-0.2, 0) is 17.7 Å². The van der Waals surface area contributed by atoms with Crippen molar-refractivity contribution in [2.24, 2.45) is 0 Å². The molecule has 1 heterocycles. The van der Waals surface area contributed by atoms with Gasteiger partial charge in [-0.15, -0.1) is 0 Å². The van der Waals surface area contributed by atoms with E-state index in [0.29, 0.717) is 6.04 Å². The summed E-state index contributed by atoms with van der Waals surface area (Å²) in [5.41, 5.74) is 0. The number of imidazole rings is 1. The molecule has 0 aliphatic heterocycles. The van der Waals surface area contributed by atoms with Crippen LogP contribution in [0.3, 0.4) is 0 Å². The van der Waals surface area contributed by atoms with Gasteiger partial charge < -0.3 is 14.6 Å². The van der Waals surface area contributed by atoms with Gasteiger partial charge in [-0.1, -0.05) is 13.8 Å². The Kier molecular flexibility index (Phi) is 6.89. The molecule has 1 rings (SSSR count). The predicted molar refractivity (Wildman–Crippen MR) is 70.2 cm³/mol. The highest BCUT2D eigenvalue weighted by molar-refractivity contribution is 4.95. The summed E-state index contributed by atoms with van der Waals surface area (Å²) in [4.78, 5) is 4.45. The highest BCUT2D eigenvalue weighted by Gasteiger charge is 2.11. The first-order chi connectivity index (χ1) is 8.31. The first kappa shape index (κ1) is 14.2. The van der Waals surface area contributed by atoms with Crippen molar-refractivity contribution >= 4 is 0 Å². The smallest absolute Gasteiger partial charge is 0.110 e. The van der Waals surface area contributed by atoms with Crippen molar-refractivity contribution in [1.29, 1.82) is 0 Å². The SMILES string of the molecule is CCCn1ccnc1CC(CCOC)NCC. The fourth-order valence-electron chi connectivity index (χ4n) is 2.02. The third-order valence-corrected chi connectivity index (χ3v) is 2.86. The summed E-state index contributed by atoms with van der Waals surface area (Å²) in [6.07, 6.45) is 7.11. The fourth-order valence-corrected chi connectivity index (χ4v) is 2.02.